The van der Waals surface area contributed by atoms with E-state index >= 15 is 0 Å². The van der Waals surface area contributed by atoms with E-state index in [1.165, 1.54) is 225 Å². The van der Waals surface area contributed by atoms with E-state index in [9.17, 15) is 14.4 Å². The molecule has 0 saturated carbocycles. The van der Waals surface area contributed by atoms with E-state index in [0.29, 0.717) is 19.3 Å². The van der Waals surface area contributed by atoms with Gasteiger partial charge in [-0.2, -0.15) is 0 Å². The van der Waals surface area contributed by atoms with Gasteiger partial charge in [-0.25, -0.2) is 0 Å². The smallest absolute Gasteiger partial charge is 0.306 e. The van der Waals surface area contributed by atoms with Crippen LogP contribution in [0.25, 0.3) is 0 Å². The van der Waals surface area contributed by atoms with Crippen LogP contribution in [-0.4, -0.2) is 37.2 Å². The Morgan fingerprint density at radius 1 is 0.254 bits per heavy atom. The largest absolute Gasteiger partial charge is 0.462 e. The average Bonchev–Trinajstić information content (AvgIpc) is 3.28. The van der Waals surface area contributed by atoms with Crippen LogP contribution in [0.1, 0.15) is 329 Å². The van der Waals surface area contributed by atoms with E-state index in [1.807, 2.05) is 0 Å². The molecule has 0 aromatic rings. The first-order chi connectivity index (χ1) is 31.0. The van der Waals surface area contributed by atoms with E-state index in [1.54, 1.807) is 0 Å². The van der Waals surface area contributed by atoms with Gasteiger partial charge >= 0.3 is 17.9 Å². The van der Waals surface area contributed by atoms with Crippen LogP contribution in [0.5, 0.6) is 0 Å². The zero-order valence-corrected chi connectivity index (χ0v) is 42.9. The summed E-state index contributed by atoms with van der Waals surface area (Å²) in [6, 6.07) is 0. The lowest BCUT2D eigenvalue weighted by Gasteiger charge is -2.18. The third kappa shape index (κ3) is 51.3. The number of hydrogen-bond acceptors (Lipinski definition) is 6. The summed E-state index contributed by atoms with van der Waals surface area (Å²) in [5.41, 5.74) is 0. The maximum atomic E-state index is 12.7. The molecule has 0 radical (unpaired) electrons. The summed E-state index contributed by atoms with van der Waals surface area (Å²) in [6.45, 7) is 6.59. The van der Waals surface area contributed by atoms with Crippen molar-refractivity contribution in [1.29, 1.82) is 0 Å². The summed E-state index contributed by atoms with van der Waals surface area (Å²) in [7, 11) is 0. The molecule has 0 amide bonds. The number of carbonyl (C=O) groups is 3. The molecule has 0 aliphatic carbocycles. The van der Waals surface area contributed by atoms with Crippen LogP contribution < -0.4 is 0 Å². The molecule has 0 N–H and O–H groups in total. The first-order valence-corrected chi connectivity index (χ1v) is 28.5. The van der Waals surface area contributed by atoms with Crippen molar-refractivity contribution in [1.82, 2.24) is 0 Å². The molecule has 1 unspecified atom stereocenters. The lowest BCUT2D eigenvalue weighted by Crippen LogP contribution is -2.30. The molecule has 6 heteroatoms. The van der Waals surface area contributed by atoms with Crippen molar-refractivity contribution in [3.8, 4) is 0 Å². The molecule has 0 fully saturated rings. The summed E-state index contributed by atoms with van der Waals surface area (Å²) in [6.07, 6.45) is 58.9. The second-order valence-electron chi connectivity index (χ2n) is 19.6. The molecule has 6 nitrogen and oxygen atoms in total. The van der Waals surface area contributed by atoms with Gasteiger partial charge in [0.15, 0.2) is 6.10 Å². The zero-order chi connectivity index (χ0) is 45.8. The normalized spacial score (nSPS) is 11.9. The summed E-state index contributed by atoms with van der Waals surface area (Å²) >= 11 is 0. The molecular weight excluding hydrogens is 781 g/mol. The van der Waals surface area contributed by atoms with E-state index in [0.717, 1.165) is 64.2 Å². The van der Waals surface area contributed by atoms with Crippen molar-refractivity contribution < 1.29 is 28.6 Å². The minimum absolute atomic E-state index is 0.0635. The Hall–Kier alpha value is -1.59. The molecule has 0 aliphatic rings. The quantitative estimate of drug-likeness (QED) is 0.0344. The van der Waals surface area contributed by atoms with E-state index in [4.69, 9.17) is 14.2 Å². The Balaban J connectivity index is 3.82. The van der Waals surface area contributed by atoms with Crippen molar-refractivity contribution in [2.45, 2.75) is 335 Å². The second kappa shape index (κ2) is 53.0. The van der Waals surface area contributed by atoms with Crippen LogP contribution in [-0.2, 0) is 28.6 Å². The molecule has 374 valence electrons. The molecule has 0 saturated heterocycles. The Morgan fingerprint density at radius 2 is 0.429 bits per heavy atom. The third-order valence-electron chi connectivity index (χ3n) is 13.1. The van der Waals surface area contributed by atoms with Gasteiger partial charge in [-0.1, -0.05) is 290 Å². The van der Waals surface area contributed by atoms with Gasteiger partial charge in [0.25, 0.3) is 0 Å². The van der Waals surface area contributed by atoms with Crippen molar-refractivity contribution in [2.24, 2.45) is 0 Å². The van der Waals surface area contributed by atoms with Gasteiger partial charge in [0.2, 0.25) is 0 Å². The highest BCUT2D eigenvalue weighted by Gasteiger charge is 2.19. The first kappa shape index (κ1) is 61.4. The van der Waals surface area contributed by atoms with Crippen molar-refractivity contribution in [2.75, 3.05) is 13.2 Å². The summed E-state index contributed by atoms with van der Waals surface area (Å²) in [5.74, 6) is -0.861. The molecule has 0 heterocycles. The molecule has 1 atom stereocenters. The predicted octanol–water partition coefficient (Wildman–Crippen LogP) is 18.8. The highest BCUT2D eigenvalue weighted by molar-refractivity contribution is 5.71. The second-order valence-corrected chi connectivity index (χ2v) is 19.6. The van der Waals surface area contributed by atoms with Gasteiger partial charge in [0.05, 0.1) is 0 Å². The maximum Gasteiger partial charge on any atom is 0.306 e. The Bertz CT molecular complexity index is 936. The fourth-order valence-electron chi connectivity index (χ4n) is 8.80. The summed E-state index contributed by atoms with van der Waals surface area (Å²) in [4.78, 5) is 37.6. The Labute approximate surface area is 393 Å². The average molecular weight is 892 g/mol. The SMILES string of the molecule is CCCCCCCCCCCCCCCCCCCCCCCCCCCCCCCCC(=O)OCC(COC(=O)CCCCCCC)OC(=O)CCCCCCCCCCCC. The van der Waals surface area contributed by atoms with Gasteiger partial charge in [-0.05, 0) is 19.3 Å². The van der Waals surface area contributed by atoms with Gasteiger partial charge in [-0.15, -0.1) is 0 Å². The number of unbranched alkanes of at least 4 members (excludes halogenated alkanes) is 42. The highest BCUT2D eigenvalue weighted by atomic mass is 16.6. The Kier molecular flexibility index (Phi) is 51.7. The molecule has 0 aliphatic heterocycles. The standard InChI is InChI=1S/C57H110O6/c1-4-7-10-13-15-17-19-20-21-22-23-24-25-26-27-28-29-30-31-32-33-34-35-36-37-38-40-41-44-47-50-56(59)62-53-54(52-61-55(58)49-46-43-12-9-6-3)63-57(60)51-48-45-42-39-18-16-14-11-8-5-2/h54H,4-53H2,1-3H3. The van der Waals surface area contributed by atoms with Crippen LogP contribution in [0, 0.1) is 0 Å². The van der Waals surface area contributed by atoms with E-state index < -0.39 is 6.10 Å². The summed E-state index contributed by atoms with van der Waals surface area (Å²) < 4.78 is 16.7. The lowest BCUT2D eigenvalue weighted by atomic mass is 10.0. The highest BCUT2D eigenvalue weighted by Crippen LogP contribution is 2.18. The van der Waals surface area contributed by atoms with Gasteiger partial charge in [0, 0.05) is 19.3 Å². The number of hydrogen-bond donors (Lipinski definition) is 0. The molecular formula is C57H110O6. The molecule has 0 aromatic carbocycles. The van der Waals surface area contributed by atoms with Crippen LogP contribution in [0.15, 0.2) is 0 Å². The molecule has 63 heavy (non-hydrogen) atoms. The van der Waals surface area contributed by atoms with Gasteiger partial charge < -0.3 is 14.2 Å². The zero-order valence-electron chi connectivity index (χ0n) is 42.9. The van der Waals surface area contributed by atoms with Crippen LogP contribution in [0.4, 0.5) is 0 Å². The van der Waals surface area contributed by atoms with Gasteiger partial charge in [-0.3, -0.25) is 14.4 Å². The molecule has 0 spiro atoms. The van der Waals surface area contributed by atoms with Crippen LogP contribution >= 0.6 is 0 Å². The summed E-state index contributed by atoms with van der Waals surface area (Å²) in [5, 5.41) is 0. The maximum absolute atomic E-state index is 12.7. The van der Waals surface area contributed by atoms with E-state index in [2.05, 4.69) is 20.8 Å². The minimum Gasteiger partial charge on any atom is -0.462 e. The minimum atomic E-state index is -0.757. The topological polar surface area (TPSA) is 78.9 Å². The first-order valence-electron chi connectivity index (χ1n) is 28.5. The molecule has 0 rings (SSSR count). The fourth-order valence-corrected chi connectivity index (χ4v) is 8.80. The van der Waals surface area contributed by atoms with Gasteiger partial charge in [0.1, 0.15) is 13.2 Å². The number of carbonyl (C=O) groups excluding carboxylic acids is 3. The number of esters is 3. The van der Waals surface area contributed by atoms with Crippen LogP contribution in [0.2, 0.25) is 0 Å². The van der Waals surface area contributed by atoms with E-state index in [-0.39, 0.29) is 31.1 Å². The Morgan fingerprint density at radius 3 is 0.635 bits per heavy atom. The predicted molar refractivity (Wildman–Crippen MR) is 270 cm³/mol. The lowest BCUT2D eigenvalue weighted by molar-refractivity contribution is -0.167. The third-order valence-corrected chi connectivity index (χ3v) is 13.1. The fraction of sp³-hybridized carbons (Fsp3) is 0.947. The van der Waals surface area contributed by atoms with Crippen molar-refractivity contribution in [3.05, 3.63) is 0 Å². The van der Waals surface area contributed by atoms with Crippen molar-refractivity contribution in [3.63, 3.8) is 0 Å². The number of ether oxygens (including phenoxy) is 3. The van der Waals surface area contributed by atoms with Crippen molar-refractivity contribution >= 4 is 17.9 Å². The monoisotopic (exact) mass is 891 g/mol. The van der Waals surface area contributed by atoms with Crippen LogP contribution in [0.3, 0.4) is 0 Å². The molecule has 0 bridgehead atoms. The number of rotatable bonds is 53. The molecule has 0 aromatic heterocycles.